The number of hydrogen-bond donors (Lipinski definition) is 2. The van der Waals surface area contributed by atoms with Gasteiger partial charge in [-0.2, -0.15) is 0 Å². The van der Waals surface area contributed by atoms with Crippen LogP contribution in [0.5, 0.6) is 0 Å². The molecule has 5 fully saturated rings. The average molecular weight is 418 g/mol. The van der Waals surface area contributed by atoms with Crippen LogP contribution in [0.3, 0.4) is 0 Å². The van der Waals surface area contributed by atoms with Gasteiger partial charge < -0.3 is 15.5 Å². The predicted molar refractivity (Wildman–Crippen MR) is 120 cm³/mol. The van der Waals surface area contributed by atoms with Gasteiger partial charge in [-0.3, -0.25) is 9.59 Å². The number of nitrogens with one attached hydrogen (secondary N) is 2. The van der Waals surface area contributed by atoms with Crippen molar-refractivity contribution in [1.29, 1.82) is 0 Å². The van der Waals surface area contributed by atoms with E-state index in [2.05, 4.69) is 22.5 Å². The van der Waals surface area contributed by atoms with Gasteiger partial charge in [0.2, 0.25) is 11.8 Å². The van der Waals surface area contributed by atoms with Gasteiger partial charge in [0.15, 0.2) is 0 Å². The maximum atomic E-state index is 13.4. The van der Waals surface area contributed by atoms with Crippen molar-refractivity contribution in [2.45, 2.75) is 84.6 Å². The lowest BCUT2D eigenvalue weighted by Crippen LogP contribution is -2.58. The molecule has 4 aliphatic carbocycles. The normalized spacial score (nSPS) is 34.9. The Bertz CT molecular complexity index is 589. The quantitative estimate of drug-likeness (QED) is 0.594. The number of nitrogens with zero attached hydrogens (tertiary/aromatic N) is 1. The van der Waals surface area contributed by atoms with Crippen LogP contribution in [0, 0.1) is 35.0 Å². The molecule has 170 valence electrons. The lowest BCUT2D eigenvalue weighted by molar-refractivity contribution is -0.149. The predicted octanol–water partition coefficient (Wildman–Crippen LogP) is 3.58. The Kier molecular flexibility index (Phi) is 6.76. The molecule has 4 bridgehead atoms. The van der Waals surface area contributed by atoms with E-state index in [1.807, 2.05) is 13.8 Å². The van der Waals surface area contributed by atoms with Crippen LogP contribution in [0.1, 0.15) is 78.6 Å². The fourth-order valence-electron chi connectivity index (χ4n) is 7.13. The molecule has 0 spiro atoms. The third kappa shape index (κ3) is 4.87. The second-order valence-electron chi connectivity index (χ2n) is 11.6. The third-order valence-electron chi connectivity index (χ3n) is 8.58. The lowest BCUT2D eigenvalue weighted by atomic mass is 9.49. The molecule has 0 radical (unpaired) electrons. The van der Waals surface area contributed by atoms with E-state index >= 15 is 0 Å². The number of carbonyl (C=O) groups excluding carboxylic acids is 2. The summed E-state index contributed by atoms with van der Waals surface area (Å²) in [5.41, 5.74) is -0.187. The first-order valence-corrected chi connectivity index (χ1v) is 12.7. The van der Waals surface area contributed by atoms with Crippen molar-refractivity contribution in [2.75, 3.05) is 26.2 Å². The molecular formula is C25H43N3O2. The number of hydrogen-bond acceptors (Lipinski definition) is 3. The van der Waals surface area contributed by atoms with Crippen LogP contribution in [-0.4, -0.2) is 48.9 Å². The Morgan fingerprint density at radius 1 is 1.00 bits per heavy atom. The first-order chi connectivity index (χ1) is 14.3. The summed E-state index contributed by atoms with van der Waals surface area (Å²) in [6.45, 7) is 10.5. The zero-order valence-electron chi connectivity index (χ0n) is 19.4. The fraction of sp³-hybridized carbons (Fsp3) is 0.920. The largest absolute Gasteiger partial charge is 0.354 e. The highest BCUT2D eigenvalue weighted by Crippen LogP contribution is 2.60. The van der Waals surface area contributed by atoms with Gasteiger partial charge in [-0.1, -0.05) is 20.8 Å². The molecule has 4 saturated carbocycles. The van der Waals surface area contributed by atoms with Crippen molar-refractivity contribution in [3.8, 4) is 0 Å². The highest BCUT2D eigenvalue weighted by molar-refractivity contribution is 5.90. The van der Waals surface area contributed by atoms with Crippen LogP contribution in [0.15, 0.2) is 0 Å². The Hall–Kier alpha value is -1.10. The van der Waals surface area contributed by atoms with Gasteiger partial charge in [-0.05, 0) is 107 Å². The Morgan fingerprint density at radius 3 is 2.10 bits per heavy atom. The minimum atomic E-state index is -0.415. The molecule has 0 aromatic carbocycles. The summed E-state index contributed by atoms with van der Waals surface area (Å²) >= 11 is 0. The molecule has 5 rings (SSSR count). The van der Waals surface area contributed by atoms with Crippen molar-refractivity contribution >= 4 is 11.8 Å². The summed E-state index contributed by atoms with van der Waals surface area (Å²) in [5, 5.41) is 6.32. The van der Waals surface area contributed by atoms with Crippen molar-refractivity contribution in [1.82, 2.24) is 15.5 Å². The Labute approximate surface area is 183 Å². The van der Waals surface area contributed by atoms with E-state index in [0.717, 1.165) is 55.9 Å². The molecule has 1 atom stereocenters. The van der Waals surface area contributed by atoms with Gasteiger partial charge in [0, 0.05) is 12.0 Å². The molecule has 0 unspecified atom stereocenters. The number of likely N-dealkylation sites (tertiary alicyclic amines) is 1. The molecule has 2 amide bonds. The highest BCUT2D eigenvalue weighted by atomic mass is 16.2. The van der Waals surface area contributed by atoms with E-state index in [4.69, 9.17) is 0 Å². The molecular weight excluding hydrogens is 374 g/mol. The SMILES string of the molecule is CC1CCN(CCCNC(=O)[C@H](NC(=O)C23CC4CC(CC(C4)C2)C3)C(C)C)CC1. The number of amides is 2. The molecule has 1 heterocycles. The first-order valence-electron chi connectivity index (χ1n) is 12.7. The van der Waals surface area contributed by atoms with Crippen LogP contribution in [0.2, 0.25) is 0 Å². The van der Waals surface area contributed by atoms with Crippen LogP contribution in [-0.2, 0) is 9.59 Å². The Morgan fingerprint density at radius 2 is 1.57 bits per heavy atom. The summed E-state index contributed by atoms with van der Waals surface area (Å²) in [6.07, 6.45) is 10.7. The fourth-order valence-corrected chi connectivity index (χ4v) is 7.13. The average Bonchev–Trinajstić information content (AvgIpc) is 2.69. The zero-order chi connectivity index (χ0) is 21.3. The van der Waals surface area contributed by atoms with E-state index in [-0.39, 0.29) is 23.1 Å². The van der Waals surface area contributed by atoms with Crippen molar-refractivity contribution < 1.29 is 9.59 Å². The molecule has 2 N–H and O–H groups in total. The van der Waals surface area contributed by atoms with Gasteiger partial charge in [0.05, 0.1) is 0 Å². The van der Waals surface area contributed by atoms with Crippen LogP contribution in [0.4, 0.5) is 0 Å². The third-order valence-corrected chi connectivity index (χ3v) is 8.58. The van der Waals surface area contributed by atoms with E-state index in [1.165, 1.54) is 45.2 Å². The standard InChI is InChI=1S/C25H43N3O2/c1-17(2)22(23(29)26-7-4-8-28-9-5-18(3)6-10-28)27-24(30)25-14-19-11-20(15-25)13-21(12-19)16-25/h17-22H,4-16H2,1-3H3,(H,26,29)(H,27,30)/t19?,20?,21?,22-,25?/m1/s1. The van der Waals surface area contributed by atoms with E-state index in [9.17, 15) is 9.59 Å². The summed E-state index contributed by atoms with van der Waals surface area (Å²) < 4.78 is 0. The minimum absolute atomic E-state index is 0.00431. The monoisotopic (exact) mass is 417 g/mol. The van der Waals surface area contributed by atoms with Gasteiger partial charge >= 0.3 is 0 Å². The summed E-state index contributed by atoms with van der Waals surface area (Å²) in [5.74, 6) is 3.34. The van der Waals surface area contributed by atoms with Crippen molar-refractivity contribution in [3.05, 3.63) is 0 Å². The van der Waals surface area contributed by atoms with Gasteiger partial charge in [0.1, 0.15) is 6.04 Å². The van der Waals surface area contributed by atoms with E-state index in [0.29, 0.717) is 6.54 Å². The van der Waals surface area contributed by atoms with E-state index < -0.39 is 6.04 Å². The molecule has 5 nitrogen and oxygen atoms in total. The van der Waals surface area contributed by atoms with Crippen LogP contribution >= 0.6 is 0 Å². The lowest BCUT2D eigenvalue weighted by Gasteiger charge is -2.55. The smallest absolute Gasteiger partial charge is 0.242 e. The topological polar surface area (TPSA) is 61.4 Å². The summed E-state index contributed by atoms with van der Waals surface area (Å²) in [7, 11) is 0. The zero-order valence-corrected chi connectivity index (χ0v) is 19.4. The molecule has 1 saturated heterocycles. The molecule has 5 aliphatic rings. The summed E-state index contributed by atoms with van der Waals surface area (Å²) in [4.78, 5) is 28.8. The first kappa shape index (κ1) is 22.1. The molecule has 0 aromatic rings. The summed E-state index contributed by atoms with van der Waals surface area (Å²) in [6, 6.07) is -0.415. The van der Waals surface area contributed by atoms with Crippen LogP contribution < -0.4 is 10.6 Å². The highest BCUT2D eigenvalue weighted by Gasteiger charge is 2.55. The van der Waals surface area contributed by atoms with Gasteiger partial charge in [-0.25, -0.2) is 0 Å². The number of piperidine rings is 1. The molecule has 30 heavy (non-hydrogen) atoms. The minimum Gasteiger partial charge on any atom is -0.354 e. The second-order valence-corrected chi connectivity index (χ2v) is 11.6. The molecule has 5 heteroatoms. The van der Waals surface area contributed by atoms with Crippen molar-refractivity contribution in [2.24, 2.45) is 35.0 Å². The van der Waals surface area contributed by atoms with Gasteiger partial charge in [0.25, 0.3) is 0 Å². The number of carbonyl (C=O) groups is 2. The second kappa shape index (κ2) is 9.18. The number of rotatable bonds is 8. The Balaban J connectivity index is 1.25. The molecule has 1 aliphatic heterocycles. The maximum absolute atomic E-state index is 13.4. The van der Waals surface area contributed by atoms with E-state index in [1.54, 1.807) is 0 Å². The van der Waals surface area contributed by atoms with Gasteiger partial charge in [-0.15, -0.1) is 0 Å². The van der Waals surface area contributed by atoms with Crippen molar-refractivity contribution in [3.63, 3.8) is 0 Å². The van der Waals surface area contributed by atoms with Crippen LogP contribution in [0.25, 0.3) is 0 Å². The molecule has 0 aromatic heterocycles. The maximum Gasteiger partial charge on any atom is 0.242 e.